The molecular formula is C17H28N4O. The molecule has 1 amide bonds. The van der Waals surface area contributed by atoms with E-state index in [0.717, 1.165) is 37.4 Å². The SMILES string of the molecule is Cc1ccc(NCCCNC(=O)C(C)(C)N2CCCC2)nc1. The molecule has 22 heavy (non-hydrogen) atoms. The van der Waals surface area contributed by atoms with Gasteiger partial charge in [-0.1, -0.05) is 6.07 Å². The van der Waals surface area contributed by atoms with Gasteiger partial charge in [-0.15, -0.1) is 0 Å². The van der Waals surface area contributed by atoms with Crippen LogP contribution in [0.5, 0.6) is 0 Å². The largest absolute Gasteiger partial charge is 0.370 e. The van der Waals surface area contributed by atoms with E-state index in [1.165, 1.54) is 12.8 Å². The Kier molecular flexibility index (Phi) is 5.77. The number of pyridine rings is 1. The minimum atomic E-state index is -0.400. The van der Waals surface area contributed by atoms with Crippen molar-refractivity contribution < 1.29 is 4.79 Å². The number of rotatable bonds is 7. The Labute approximate surface area is 133 Å². The molecule has 1 saturated heterocycles. The lowest BCUT2D eigenvalue weighted by Crippen LogP contribution is -2.54. The van der Waals surface area contributed by atoms with Gasteiger partial charge in [-0.2, -0.15) is 0 Å². The Hall–Kier alpha value is -1.62. The van der Waals surface area contributed by atoms with Crippen LogP contribution in [-0.4, -0.2) is 47.5 Å². The fourth-order valence-electron chi connectivity index (χ4n) is 2.72. The molecule has 1 fully saturated rings. The van der Waals surface area contributed by atoms with Crippen LogP contribution in [0.15, 0.2) is 18.3 Å². The van der Waals surface area contributed by atoms with Gasteiger partial charge in [0.05, 0.1) is 5.54 Å². The summed E-state index contributed by atoms with van der Waals surface area (Å²) in [6, 6.07) is 4.01. The van der Waals surface area contributed by atoms with Crippen LogP contribution in [0, 0.1) is 6.92 Å². The van der Waals surface area contributed by atoms with Crippen molar-refractivity contribution >= 4 is 11.7 Å². The molecule has 0 spiro atoms. The van der Waals surface area contributed by atoms with Gasteiger partial charge in [-0.25, -0.2) is 4.98 Å². The molecule has 1 aliphatic heterocycles. The molecule has 1 aliphatic rings. The maximum absolute atomic E-state index is 12.3. The maximum Gasteiger partial charge on any atom is 0.239 e. The lowest BCUT2D eigenvalue weighted by molar-refractivity contribution is -0.131. The van der Waals surface area contributed by atoms with Gasteiger partial charge in [0.25, 0.3) is 0 Å². The number of carbonyl (C=O) groups excluding carboxylic acids is 1. The molecule has 122 valence electrons. The molecule has 2 rings (SSSR count). The number of nitrogens with zero attached hydrogens (tertiary/aromatic N) is 2. The highest BCUT2D eigenvalue weighted by Gasteiger charge is 2.35. The smallest absolute Gasteiger partial charge is 0.239 e. The lowest BCUT2D eigenvalue weighted by atomic mass is 10.0. The van der Waals surface area contributed by atoms with Gasteiger partial charge in [0.1, 0.15) is 5.82 Å². The van der Waals surface area contributed by atoms with E-state index < -0.39 is 5.54 Å². The molecular weight excluding hydrogens is 276 g/mol. The van der Waals surface area contributed by atoms with Crippen molar-refractivity contribution in [2.24, 2.45) is 0 Å². The number of aromatic nitrogens is 1. The number of nitrogens with one attached hydrogen (secondary N) is 2. The Morgan fingerprint density at radius 1 is 1.27 bits per heavy atom. The fraction of sp³-hybridized carbons (Fsp3) is 0.647. The second-order valence-electron chi connectivity index (χ2n) is 6.51. The number of aryl methyl sites for hydroxylation is 1. The van der Waals surface area contributed by atoms with Gasteiger partial charge < -0.3 is 10.6 Å². The second-order valence-corrected chi connectivity index (χ2v) is 6.51. The Bertz CT molecular complexity index is 478. The molecule has 0 saturated carbocycles. The molecule has 0 bridgehead atoms. The third-order valence-corrected chi connectivity index (χ3v) is 4.31. The third-order valence-electron chi connectivity index (χ3n) is 4.31. The van der Waals surface area contributed by atoms with Gasteiger partial charge in [-0.3, -0.25) is 9.69 Å². The number of amides is 1. The maximum atomic E-state index is 12.3. The van der Waals surface area contributed by atoms with Gasteiger partial charge in [0.15, 0.2) is 0 Å². The van der Waals surface area contributed by atoms with E-state index >= 15 is 0 Å². The Morgan fingerprint density at radius 2 is 2.00 bits per heavy atom. The van der Waals surface area contributed by atoms with E-state index in [9.17, 15) is 4.79 Å². The highest BCUT2D eigenvalue weighted by Crippen LogP contribution is 2.20. The van der Waals surface area contributed by atoms with Crippen LogP contribution in [0.1, 0.15) is 38.7 Å². The minimum Gasteiger partial charge on any atom is -0.370 e. The zero-order valence-electron chi connectivity index (χ0n) is 14.0. The van der Waals surface area contributed by atoms with Gasteiger partial charge in [0.2, 0.25) is 5.91 Å². The van der Waals surface area contributed by atoms with E-state index in [1.54, 1.807) is 0 Å². The summed E-state index contributed by atoms with van der Waals surface area (Å²) in [6.45, 7) is 9.61. The second kappa shape index (κ2) is 7.58. The normalized spacial score (nSPS) is 15.8. The van der Waals surface area contributed by atoms with Crippen molar-refractivity contribution in [3.05, 3.63) is 23.9 Å². The summed E-state index contributed by atoms with van der Waals surface area (Å²) in [4.78, 5) is 18.9. The Morgan fingerprint density at radius 3 is 2.64 bits per heavy atom. The summed E-state index contributed by atoms with van der Waals surface area (Å²) in [5.74, 6) is 1.01. The average Bonchev–Trinajstić information content (AvgIpc) is 3.03. The molecule has 1 aromatic rings. The summed E-state index contributed by atoms with van der Waals surface area (Å²) in [5, 5.41) is 6.32. The van der Waals surface area contributed by atoms with E-state index in [4.69, 9.17) is 0 Å². The first kappa shape index (κ1) is 16.7. The van der Waals surface area contributed by atoms with Crippen LogP contribution in [0.3, 0.4) is 0 Å². The Balaban J connectivity index is 1.65. The van der Waals surface area contributed by atoms with Crippen LogP contribution in [0.25, 0.3) is 0 Å². The van der Waals surface area contributed by atoms with Crippen molar-refractivity contribution in [3.63, 3.8) is 0 Å². The van der Waals surface area contributed by atoms with Crippen LogP contribution in [-0.2, 0) is 4.79 Å². The summed E-state index contributed by atoms with van der Waals surface area (Å²) >= 11 is 0. The van der Waals surface area contributed by atoms with Gasteiger partial charge in [0, 0.05) is 19.3 Å². The molecule has 5 nitrogen and oxygen atoms in total. The zero-order chi connectivity index (χ0) is 16.0. The zero-order valence-corrected chi connectivity index (χ0v) is 14.0. The van der Waals surface area contributed by atoms with Crippen molar-refractivity contribution in [1.82, 2.24) is 15.2 Å². The quantitative estimate of drug-likeness (QED) is 0.758. The molecule has 2 N–H and O–H groups in total. The number of hydrogen-bond donors (Lipinski definition) is 2. The summed E-state index contributed by atoms with van der Waals surface area (Å²) in [7, 11) is 0. The average molecular weight is 304 g/mol. The van der Waals surface area contributed by atoms with Crippen molar-refractivity contribution in [2.75, 3.05) is 31.5 Å². The predicted octanol–water partition coefficient (Wildman–Crippen LogP) is 2.18. The molecule has 5 heteroatoms. The van der Waals surface area contributed by atoms with E-state index in [0.29, 0.717) is 6.54 Å². The summed E-state index contributed by atoms with van der Waals surface area (Å²) in [5.41, 5.74) is 0.754. The molecule has 0 unspecified atom stereocenters. The molecule has 0 aromatic carbocycles. The van der Waals surface area contributed by atoms with Crippen LogP contribution in [0.2, 0.25) is 0 Å². The highest BCUT2D eigenvalue weighted by atomic mass is 16.2. The molecule has 0 atom stereocenters. The standard InChI is InChI=1S/C17H28N4O/c1-14-7-8-15(20-13-14)18-9-6-10-19-16(22)17(2,3)21-11-4-5-12-21/h7-8,13H,4-6,9-12H2,1-3H3,(H,18,20)(H,19,22). The van der Waals surface area contributed by atoms with E-state index in [2.05, 4.69) is 20.5 Å². The summed E-state index contributed by atoms with van der Waals surface area (Å²) in [6.07, 6.45) is 5.13. The van der Waals surface area contributed by atoms with Crippen molar-refractivity contribution in [2.45, 2.75) is 45.6 Å². The predicted molar refractivity (Wildman–Crippen MR) is 90.0 cm³/mol. The van der Waals surface area contributed by atoms with Crippen LogP contribution >= 0.6 is 0 Å². The monoisotopic (exact) mass is 304 g/mol. The fourth-order valence-corrected chi connectivity index (χ4v) is 2.72. The lowest BCUT2D eigenvalue weighted by Gasteiger charge is -2.33. The highest BCUT2D eigenvalue weighted by molar-refractivity contribution is 5.85. The van der Waals surface area contributed by atoms with E-state index in [1.807, 2.05) is 39.1 Å². The first-order valence-electron chi connectivity index (χ1n) is 8.20. The van der Waals surface area contributed by atoms with Gasteiger partial charge in [-0.05, 0) is 64.8 Å². The van der Waals surface area contributed by atoms with Crippen molar-refractivity contribution in [3.8, 4) is 0 Å². The molecule has 1 aromatic heterocycles. The molecule has 0 radical (unpaired) electrons. The van der Waals surface area contributed by atoms with Crippen LogP contribution in [0.4, 0.5) is 5.82 Å². The number of anilines is 1. The van der Waals surface area contributed by atoms with E-state index in [-0.39, 0.29) is 5.91 Å². The number of hydrogen-bond acceptors (Lipinski definition) is 4. The molecule has 0 aliphatic carbocycles. The summed E-state index contributed by atoms with van der Waals surface area (Å²) < 4.78 is 0. The molecule has 2 heterocycles. The first-order chi connectivity index (χ1) is 10.5. The number of likely N-dealkylation sites (tertiary alicyclic amines) is 1. The topological polar surface area (TPSA) is 57.3 Å². The first-order valence-corrected chi connectivity index (χ1v) is 8.20. The van der Waals surface area contributed by atoms with Crippen molar-refractivity contribution in [1.29, 1.82) is 0 Å². The van der Waals surface area contributed by atoms with Gasteiger partial charge >= 0.3 is 0 Å². The van der Waals surface area contributed by atoms with Crippen LogP contribution < -0.4 is 10.6 Å². The number of carbonyl (C=O) groups is 1. The minimum absolute atomic E-state index is 0.128. The third kappa shape index (κ3) is 4.44.